The van der Waals surface area contributed by atoms with Crippen LogP contribution in [-0.4, -0.2) is 31.1 Å². The van der Waals surface area contributed by atoms with Gasteiger partial charge >= 0.3 is 0 Å². The van der Waals surface area contributed by atoms with E-state index in [4.69, 9.17) is 10.5 Å². The first-order valence-electron chi connectivity index (χ1n) is 7.77. The number of hydrogen-bond donors (Lipinski definition) is 1. The molecule has 1 fully saturated rings. The van der Waals surface area contributed by atoms with E-state index in [1.165, 1.54) is 12.0 Å². The molecule has 0 bridgehead atoms. The molecule has 0 amide bonds. The highest BCUT2D eigenvalue weighted by atomic mass is 79.9. The number of benzene rings is 1. The van der Waals surface area contributed by atoms with Gasteiger partial charge in [0.15, 0.2) is 0 Å². The zero-order valence-electron chi connectivity index (χ0n) is 13.5. The third-order valence-electron chi connectivity index (χ3n) is 4.83. The fourth-order valence-electron chi connectivity index (χ4n) is 3.52. The van der Waals surface area contributed by atoms with Gasteiger partial charge in [-0.1, -0.05) is 29.8 Å². The van der Waals surface area contributed by atoms with Crippen molar-refractivity contribution in [3.05, 3.63) is 28.2 Å². The summed E-state index contributed by atoms with van der Waals surface area (Å²) in [5.74, 6) is 2.30. The second kappa shape index (κ2) is 7.12. The number of hydrogen-bond acceptors (Lipinski definition) is 3. The Balaban J connectivity index is 2.34. The summed E-state index contributed by atoms with van der Waals surface area (Å²) in [6.07, 6.45) is 1.30. The summed E-state index contributed by atoms with van der Waals surface area (Å²) in [5.41, 5.74) is 7.37. The predicted molar refractivity (Wildman–Crippen MR) is 91.6 cm³/mol. The van der Waals surface area contributed by atoms with E-state index in [9.17, 15) is 0 Å². The molecule has 1 aromatic carbocycles. The Hall–Kier alpha value is -0.580. The number of halogens is 1. The minimum Gasteiger partial charge on any atom is -0.497 e. The SMILES string of the molecule is COc1ccc(Br)c(C(CN)N2CC(C)CC(C)C2C)c1. The Morgan fingerprint density at radius 2 is 2.10 bits per heavy atom. The van der Waals surface area contributed by atoms with E-state index in [2.05, 4.69) is 53.7 Å². The highest BCUT2D eigenvalue weighted by Gasteiger charge is 2.34. The lowest BCUT2D eigenvalue weighted by Crippen LogP contribution is -2.49. The largest absolute Gasteiger partial charge is 0.497 e. The van der Waals surface area contributed by atoms with Crippen LogP contribution in [0.5, 0.6) is 5.75 Å². The first-order chi connectivity index (χ1) is 9.97. The third-order valence-corrected chi connectivity index (χ3v) is 5.55. The van der Waals surface area contributed by atoms with Crippen LogP contribution < -0.4 is 10.5 Å². The molecule has 4 atom stereocenters. The molecule has 1 heterocycles. The first kappa shape index (κ1) is 16.8. The van der Waals surface area contributed by atoms with Gasteiger partial charge in [-0.3, -0.25) is 4.90 Å². The molecule has 1 aliphatic rings. The molecule has 4 heteroatoms. The average molecular weight is 355 g/mol. The van der Waals surface area contributed by atoms with E-state index in [0.29, 0.717) is 18.5 Å². The van der Waals surface area contributed by atoms with Crippen molar-refractivity contribution in [1.29, 1.82) is 0 Å². The fourth-order valence-corrected chi connectivity index (χ4v) is 4.03. The Morgan fingerprint density at radius 3 is 2.71 bits per heavy atom. The zero-order chi connectivity index (χ0) is 15.6. The molecule has 3 nitrogen and oxygen atoms in total. The molecule has 1 aromatic rings. The minimum atomic E-state index is 0.231. The molecule has 1 aliphatic heterocycles. The minimum absolute atomic E-state index is 0.231. The summed E-state index contributed by atoms with van der Waals surface area (Å²) in [7, 11) is 1.71. The van der Waals surface area contributed by atoms with E-state index in [1.807, 2.05) is 6.07 Å². The number of likely N-dealkylation sites (tertiary alicyclic amines) is 1. The van der Waals surface area contributed by atoms with Gasteiger partial charge < -0.3 is 10.5 Å². The Kier molecular flexibility index (Phi) is 5.69. The van der Waals surface area contributed by atoms with E-state index in [0.717, 1.165) is 22.7 Å². The molecule has 118 valence electrons. The van der Waals surface area contributed by atoms with Gasteiger partial charge in [0, 0.05) is 29.6 Å². The maximum atomic E-state index is 6.15. The van der Waals surface area contributed by atoms with E-state index >= 15 is 0 Å². The first-order valence-corrected chi connectivity index (χ1v) is 8.56. The normalized spacial score (nSPS) is 28.4. The van der Waals surface area contributed by atoms with Crippen molar-refractivity contribution < 1.29 is 4.74 Å². The van der Waals surface area contributed by atoms with Crippen molar-refractivity contribution in [3.63, 3.8) is 0 Å². The number of nitrogens with two attached hydrogens (primary N) is 1. The smallest absolute Gasteiger partial charge is 0.119 e. The molecule has 0 aromatic heterocycles. The van der Waals surface area contributed by atoms with Gasteiger partial charge in [-0.05, 0) is 48.9 Å². The molecule has 1 saturated heterocycles. The summed E-state index contributed by atoms with van der Waals surface area (Å²) in [6, 6.07) is 6.92. The van der Waals surface area contributed by atoms with Crippen molar-refractivity contribution >= 4 is 15.9 Å². The molecule has 0 saturated carbocycles. The van der Waals surface area contributed by atoms with Crippen molar-refractivity contribution in [3.8, 4) is 5.75 Å². The number of piperidine rings is 1. The molecule has 0 radical (unpaired) electrons. The lowest BCUT2D eigenvalue weighted by molar-refractivity contribution is 0.0421. The van der Waals surface area contributed by atoms with Crippen molar-refractivity contribution in [2.75, 3.05) is 20.2 Å². The maximum Gasteiger partial charge on any atom is 0.119 e. The second-order valence-corrected chi connectivity index (χ2v) is 7.25. The van der Waals surface area contributed by atoms with Crippen LogP contribution in [-0.2, 0) is 0 Å². The van der Waals surface area contributed by atoms with Gasteiger partial charge in [-0.2, -0.15) is 0 Å². The van der Waals surface area contributed by atoms with E-state index in [1.54, 1.807) is 7.11 Å². The van der Waals surface area contributed by atoms with E-state index in [-0.39, 0.29) is 6.04 Å². The molecule has 0 spiro atoms. The lowest BCUT2D eigenvalue weighted by Gasteiger charge is -2.45. The van der Waals surface area contributed by atoms with Crippen LogP contribution in [0.25, 0.3) is 0 Å². The third kappa shape index (κ3) is 3.61. The topological polar surface area (TPSA) is 38.5 Å². The Morgan fingerprint density at radius 1 is 1.38 bits per heavy atom. The van der Waals surface area contributed by atoms with Crippen molar-refractivity contribution in [1.82, 2.24) is 4.90 Å². The molecule has 21 heavy (non-hydrogen) atoms. The molecule has 0 aliphatic carbocycles. The molecule has 2 rings (SSSR count). The summed E-state index contributed by atoms with van der Waals surface area (Å²) in [6.45, 7) is 8.74. The highest BCUT2D eigenvalue weighted by molar-refractivity contribution is 9.10. The fraction of sp³-hybridized carbons (Fsp3) is 0.647. The van der Waals surface area contributed by atoms with E-state index < -0.39 is 0 Å². The van der Waals surface area contributed by atoms with Gasteiger partial charge in [0.1, 0.15) is 5.75 Å². The standard InChI is InChI=1S/C17H27BrN2O/c1-11-7-12(2)13(3)20(10-11)17(9-19)15-8-14(21-4)5-6-16(15)18/h5-6,8,11-13,17H,7,9-10,19H2,1-4H3. The van der Waals surface area contributed by atoms with Gasteiger partial charge in [-0.25, -0.2) is 0 Å². The quantitative estimate of drug-likeness (QED) is 0.892. The van der Waals surface area contributed by atoms with Crippen LogP contribution >= 0.6 is 15.9 Å². The van der Waals surface area contributed by atoms with Crippen LogP contribution in [0.1, 0.15) is 38.8 Å². The zero-order valence-corrected chi connectivity index (χ0v) is 15.1. The summed E-state index contributed by atoms with van der Waals surface area (Å²) < 4.78 is 6.49. The molecule has 4 unspecified atom stereocenters. The van der Waals surface area contributed by atoms with Crippen molar-refractivity contribution in [2.24, 2.45) is 17.6 Å². The van der Waals surface area contributed by atoms with Crippen LogP contribution in [0, 0.1) is 11.8 Å². The second-order valence-electron chi connectivity index (χ2n) is 6.39. The Labute approximate surface area is 137 Å². The van der Waals surface area contributed by atoms with Crippen LogP contribution in [0.2, 0.25) is 0 Å². The number of rotatable bonds is 4. The van der Waals surface area contributed by atoms with Gasteiger partial charge in [0.25, 0.3) is 0 Å². The van der Waals surface area contributed by atoms with Crippen molar-refractivity contribution in [2.45, 2.75) is 39.3 Å². The Bertz CT molecular complexity index is 480. The van der Waals surface area contributed by atoms with Crippen LogP contribution in [0.3, 0.4) is 0 Å². The van der Waals surface area contributed by atoms with Gasteiger partial charge in [-0.15, -0.1) is 0 Å². The average Bonchev–Trinajstić information content (AvgIpc) is 2.46. The molecular weight excluding hydrogens is 328 g/mol. The lowest BCUT2D eigenvalue weighted by atomic mass is 9.84. The molecular formula is C17H27BrN2O. The van der Waals surface area contributed by atoms with Crippen LogP contribution in [0.4, 0.5) is 0 Å². The molecule has 2 N–H and O–H groups in total. The predicted octanol–water partition coefficient (Wildman–Crippen LogP) is 3.82. The van der Waals surface area contributed by atoms with Crippen LogP contribution in [0.15, 0.2) is 22.7 Å². The highest BCUT2D eigenvalue weighted by Crippen LogP contribution is 2.37. The monoisotopic (exact) mass is 354 g/mol. The van der Waals surface area contributed by atoms with Gasteiger partial charge in [0.05, 0.1) is 7.11 Å². The summed E-state index contributed by atoms with van der Waals surface area (Å²) in [5, 5.41) is 0. The number of ether oxygens (including phenoxy) is 1. The summed E-state index contributed by atoms with van der Waals surface area (Å²) in [4.78, 5) is 2.57. The summed E-state index contributed by atoms with van der Waals surface area (Å²) >= 11 is 3.68. The number of nitrogens with zero attached hydrogens (tertiary/aromatic N) is 1. The van der Waals surface area contributed by atoms with Gasteiger partial charge in [0.2, 0.25) is 0 Å². The maximum absolute atomic E-state index is 6.15. The number of methoxy groups -OCH3 is 1.